The number of carbonyl (C=O) groups excluding carboxylic acids is 2. The van der Waals surface area contributed by atoms with E-state index in [0.717, 1.165) is 11.3 Å². The minimum atomic E-state index is -0.392. The number of hydrogen-bond donors (Lipinski definition) is 2. The number of anilines is 1. The molecule has 1 atom stereocenters. The number of rotatable bonds is 7. The topological polar surface area (TPSA) is 86.7 Å². The summed E-state index contributed by atoms with van der Waals surface area (Å²) >= 11 is 1.37. The van der Waals surface area contributed by atoms with Crippen LogP contribution in [0.25, 0.3) is 0 Å². The Morgan fingerprint density at radius 3 is 2.85 bits per heavy atom. The number of carbonyl (C=O) groups is 2. The SMILES string of the molecule is CC(NCCN1N=C(c2ccccc2)CCC1=O)C(=O)Nc1nccs1. The molecule has 0 fully saturated rings. The van der Waals surface area contributed by atoms with Gasteiger partial charge in [0, 0.05) is 31.0 Å². The van der Waals surface area contributed by atoms with E-state index >= 15 is 0 Å². The van der Waals surface area contributed by atoms with Crippen LogP contribution in [0.1, 0.15) is 25.3 Å². The third-order valence-electron chi connectivity index (χ3n) is 4.04. The number of thiazole rings is 1. The first-order valence-corrected chi connectivity index (χ1v) is 9.38. The van der Waals surface area contributed by atoms with Crippen molar-refractivity contribution in [1.29, 1.82) is 0 Å². The van der Waals surface area contributed by atoms with E-state index < -0.39 is 6.04 Å². The lowest BCUT2D eigenvalue weighted by Gasteiger charge is -2.24. The molecule has 2 heterocycles. The van der Waals surface area contributed by atoms with Crippen molar-refractivity contribution in [2.45, 2.75) is 25.8 Å². The van der Waals surface area contributed by atoms with Gasteiger partial charge in [-0.15, -0.1) is 11.3 Å². The molecule has 0 saturated carbocycles. The van der Waals surface area contributed by atoms with Crippen LogP contribution in [-0.4, -0.2) is 46.7 Å². The van der Waals surface area contributed by atoms with Gasteiger partial charge in [-0.3, -0.25) is 9.59 Å². The Hall–Kier alpha value is -2.58. The normalized spacial score (nSPS) is 15.5. The summed E-state index contributed by atoms with van der Waals surface area (Å²) in [6.07, 6.45) is 2.75. The highest BCUT2D eigenvalue weighted by atomic mass is 32.1. The summed E-state index contributed by atoms with van der Waals surface area (Å²) in [5, 5.41) is 14.2. The van der Waals surface area contributed by atoms with E-state index in [1.54, 1.807) is 18.5 Å². The zero-order valence-electron chi connectivity index (χ0n) is 14.5. The molecule has 0 spiro atoms. The van der Waals surface area contributed by atoms with Gasteiger partial charge >= 0.3 is 0 Å². The maximum absolute atomic E-state index is 12.1. The van der Waals surface area contributed by atoms with E-state index in [0.29, 0.717) is 31.1 Å². The molecule has 8 heteroatoms. The predicted octanol–water partition coefficient (Wildman–Crippen LogP) is 2.09. The van der Waals surface area contributed by atoms with E-state index in [-0.39, 0.29) is 11.8 Å². The van der Waals surface area contributed by atoms with Crippen molar-refractivity contribution in [1.82, 2.24) is 15.3 Å². The van der Waals surface area contributed by atoms with Gasteiger partial charge in [-0.1, -0.05) is 30.3 Å². The zero-order valence-corrected chi connectivity index (χ0v) is 15.3. The molecule has 1 aromatic heterocycles. The van der Waals surface area contributed by atoms with Crippen molar-refractivity contribution in [3.05, 3.63) is 47.5 Å². The van der Waals surface area contributed by atoms with Crippen molar-refractivity contribution in [3.63, 3.8) is 0 Å². The largest absolute Gasteiger partial charge is 0.304 e. The van der Waals surface area contributed by atoms with Crippen LogP contribution in [0.2, 0.25) is 0 Å². The summed E-state index contributed by atoms with van der Waals surface area (Å²) in [5.41, 5.74) is 1.95. The minimum absolute atomic E-state index is 0.00590. The van der Waals surface area contributed by atoms with E-state index in [9.17, 15) is 9.59 Å². The first-order chi connectivity index (χ1) is 12.6. The first-order valence-electron chi connectivity index (χ1n) is 8.50. The van der Waals surface area contributed by atoms with Gasteiger partial charge in [-0.2, -0.15) is 5.10 Å². The molecule has 0 radical (unpaired) electrons. The van der Waals surface area contributed by atoms with E-state index in [1.807, 2.05) is 30.3 Å². The molecule has 26 heavy (non-hydrogen) atoms. The number of nitrogens with zero attached hydrogens (tertiary/aromatic N) is 3. The highest BCUT2D eigenvalue weighted by molar-refractivity contribution is 7.13. The molecule has 0 saturated heterocycles. The van der Waals surface area contributed by atoms with Crippen LogP contribution >= 0.6 is 11.3 Å². The van der Waals surface area contributed by atoms with Crippen LogP contribution < -0.4 is 10.6 Å². The van der Waals surface area contributed by atoms with Crippen molar-refractivity contribution in [2.24, 2.45) is 5.10 Å². The van der Waals surface area contributed by atoms with Gasteiger partial charge in [0.2, 0.25) is 11.8 Å². The lowest BCUT2D eigenvalue weighted by molar-refractivity contribution is -0.131. The standard InChI is InChI=1S/C18H21N5O2S/c1-13(17(25)21-18-20-10-12-26-18)19-9-11-23-16(24)8-7-15(22-23)14-5-3-2-4-6-14/h2-6,10,12-13,19H,7-9,11H2,1H3,(H,20,21,25). The number of benzene rings is 1. The summed E-state index contributed by atoms with van der Waals surface area (Å²) in [6.45, 7) is 2.67. The molecular weight excluding hydrogens is 350 g/mol. The van der Waals surface area contributed by atoms with Crippen LogP contribution in [0.3, 0.4) is 0 Å². The highest BCUT2D eigenvalue weighted by Crippen LogP contribution is 2.15. The van der Waals surface area contributed by atoms with Gasteiger partial charge in [0.1, 0.15) is 0 Å². The zero-order chi connectivity index (χ0) is 18.4. The minimum Gasteiger partial charge on any atom is -0.304 e. The molecule has 1 aliphatic rings. The second kappa shape index (κ2) is 8.68. The van der Waals surface area contributed by atoms with Gasteiger partial charge in [-0.05, 0) is 12.5 Å². The monoisotopic (exact) mass is 371 g/mol. The lowest BCUT2D eigenvalue weighted by Crippen LogP contribution is -2.43. The third-order valence-corrected chi connectivity index (χ3v) is 4.73. The maximum atomic E-state index is 12.1. The molecule has 1 aliphatic heterocycles. The molecular formula is C18H21N5O2S. The van der Waals surface area contributed by atoms with Crippen LogP contribution in [-0.2, 0) is 9.59 Å². The number of nitrogens with one attached hydrogen (secondary N) is 2. The van der Waals surface area contributed by atoms with Crippen molar-refractivity contribution in [3.8, 4) is 0 Å². The third kappa shape index (κ3) is 4.74. The van der Waals surface area contributed by atoms with Gasteiger partial charge < -0.3 is 10.6 Å². The fourth-order valence-corrected chi connectivity index (χ4v) is 3.12. The fraction of sp³-hybridized carbons (Fsp3) is 0.333. The molecule has 0 aliphatic carbocycles. The van der Waals surface area contributed by atoms with Crippen LogP contribution in [0.15, 0.2) is 47.0 Å². The van der Waals surface area contributed by atoms with Gasteiger partial charge in [0.05, 0.1) is 18.3 Å². The Labute approximate surface area is 156 Å². The predicted molar refractivity (Wildman–Crippen MR) is 102 cm³/mol. The second-order valence-electron chi connectivity index (χ2n) is 5.93. The first kappa shape index (κ1) is 18.2. The van der Waals surface area contributed by atoms with Gasteiger partial charge in [-0.25, -0.2) is 9.99 Å². The molecule has 3 rings (SSSR count). The molecule has 7 nitrogen and oxygen atoms in total. The van der Waals surface area contributed by atoms with Gasteiger partial charge in [0.25, 0.3) is 0 Å². The Morgan fingerprint density at radius 2 is 2.12 bits per heavy atom. The maximum Gasteiger partial charge on any atom is 0.243 e. The smallest absolute Gasteiger partial charge is 0.243 e. The highest BCUT2D eigenvalue weighted by Gasteiger charge is 2.21. The summed E-state index contributed by atoms with van der Waals surface area (Å²) in [6, 6.07) is 9.48. The Morgan fingerprint density at radius 1 is 1.31 bits per heavy atom. The lowest BCUT2D eigenvalue weighted by atomic mass is 10.0. The Bertz CT molecular complexity index is 776. The summed E-state index contributed by atoms with van der Waals surface area (Å²) in [4.78, 5) is 28.2. The average Bonchev–Trinajstić information content (AvgIpc) is 3.17. The molecule has 2 amide bonds. The van der Waals surface area contributed by atoms with E-state index in [2.05, 4.69) is 20.7 Å². The van der Waals surface area contributed by atoms with Crippen molar-refractivity contribution >= 4 is 34.0 Å². The van der Waals surface area contributed by atoms with Crippen LogP contribution in [0.5, 0.6) is 0 Å². The second-order valence-corrected chi connectivity index (χ2v) is 6.83. The summed E-state index contributed by atoms with van der Waals surface area (Å²) < 4.78 is 0. The molecule has 2 N–H and O–H groups in total. The molecule has 2 aromatic rings. The van der Waals surface area contributed by atoms with E-state index in [1.165, 1.54) is 16.3 Å². The fourth-order valence-electron chi connectivity index (χ4n) is 2.59. The van der Waals surface area contributed by atoms with Crippen molar-refractivity contribution < 1.29 is 9.59 Å². The molecule has 136 valence electrons. The molecule has 1 aromatic carbocycles. The summed E-state index contributed by atoms with van der Waals surface area (Å²) in [5.74, 6) is -0.148. The Balaban J connectivity index is 1.51. The van der Waals surface area contributed by atoms with Crippen molar-refractivity contribution in [2.75, 3.05) is 18.4 Å². The Kier molecular flexibility index (Phi) is 6.08. The average molecular weight is 371 g/mol. The van der Waals surface area contributed by atoms with Crippen LogP contribution in [0.4, 0.5) is 5.13 Å². The number of aromatic nitrogens is 1. The quantitative estimate of drug-likeness (QED) is 0.780. The molecule has 0 bridgehead atoms. The summed E-state index contributed by atoms with van der Waals surface area (Å²) in [7, 11) is 0. The molecule has 1 unspecified atom stereocenters. The van der Waals surface area contributed by atoms with E-state index in [4.69, 9.17) is 0 Å². The van der Waals surface area contributed by atoms with Crippen LogP contribution in [0, 0.1) is 0 Å². The number of hydrazone groups is 1. The number of amides is 2. The number of hydrogen-bond acceptors (Lipinski definition) is 6. The van der Waals surface area contributed by atoms with Gasteiger partial charge in [0.15, 0.2) is 5.13 Å².